The van der Waals surface area contributed by atoms with E-state index in [0.717, 1.165) is 0 Å². The number of hydrogen-bond acceptors (Lipinski definition) is 4. The van der Waals surface area contributed by atoms with Gasteiger partial charge >= 0.3 is 0 Å². The first kappa shape index (κ1) is 15.8. The first-order valence-electron chi connectivity index (χ1n) is 6.39. The third-order valence-corrected chi connectivity index (χ3v) is 4.77. The summed E-state index contributed by atoms with van der Waals surface area (Å²) in [6.07, 6.45) is 3.08. The van der Waals surface area contributed by atoms with Gasteiger partial charge in [0.1, 0.15) is 4.90 Å². The Labute approximate surface area is 129 Å². The van der Waals surface area contributed by atoms with E-state index >= 15 is 0 Å². The van der Waals surface area contributed by atoms with Crippen molar-refractivity contribution < 1.29 is 8.42 Å². The molecule has 6 nitrogen and oxygen atoms in total. The van der Waals surface area contributed by atoms with Gasteiger partial charge in [-0.2, -0.15) is 5.10 Å². The summed E-state index contributed by atoms with van der Waals surface area (Å²) in [5, 5.41) is 4.24. The maximum Gasteiger partial charge on any atom is 0.263 e. The lowest BCUT2D eigenvalue weighted by Crippen LogP contribution is -2.14. The van der Waals surface area contributed by atoms with Crippen LogP contribution in [0.5, 0.6) is 0 Å². The SMILES string of the molecule is CC(C)n1cc(NS(=O)(=O)c2cc(CN)ccc2Cl)cn1. The molecule has 0 saturated heterocycles. The van der Waals surface area contributed by atoms with Gasteiger partial charge in [0.15, 0.2) is 0 Å². The molecule has 0 spiro atoms. The standard InChI is InChI=1S/C13H17ClN4O2S/c1-9(2)18-8-11(7-16-18)17-21(19,20)13-5-10(6-15)3-4-12(13)14/h3-5,7-9,17H,6,15H2,1-2H3. The molecule has 0 aliphatic rings. The van der Waals surface area contributed by atoms with Crippen molar-refractivity contribution in [3.8, 4) is 0 Å². The molecule has 0 aliphatic carbocycles. The Morgan fingerprint density at radius 2 is 2.14 bits per heavy atom. The number of anilines is 1. The van der Waals surface area contributed by atoms with E-state index in [1.165, 1.54) is 18.3 Å². The zero-order chi connectivity index (χ0) is 15.6. The van der Waals surface area contributed by atoms with Crippen LogP contribution in [0.4, 0.5) is 5.69 Å². The molecule has 1 aromatic heterocycles. The molecule has 8 heteroatoms. The third kappa shape index (κ3) is 3.55. The van der Waals surface area contributed by atoms with E-state index in [0.29, 0.717) is 11.3 Å². The molecule has 0 radical (unpaired) electrons. The van der Waals surface area contributed by atoms with Crippen LogP contribution in [0.3, 0.4) is 0 Å². The average molecular weight is 329 g/mol. The van der Waals surface area contributed by atoms with Gasteiger partial charge in [-0.1, -0.05) is 17.7 Å². The van der Waals surface area contributed by atoms with Gasteiger partial charge in [-0.05, 0) is 31.5 Å². The van der Waals surface area contributed by atoms with Crippen LogP contribution in [0.15, 0.2) is 35.5 Å². The zero-order valence-corrected chi connectivity index (χ0v) is 13.3. The monoisotopic (exact) mass is 328 g/mol. The van der Waals surface area contributed by atoms with E-state index in [-0.39, 0.29) is 22.5 Å². The van der Waals surface area contributed by atoms with Crippen LogP contribution in [0, 0.1) is 0 Å². The molecule has 0 amide bonds. The average Bonchev–Trinajstić information content (AvgIpc) is 2.87. The fourth-order valence-electron chi connectivity index (χ4n) is 1.76. The molecule has 0 fully saturated rings. The van der Waals surface area contributed by atoms with Gasteiger partial charge in [-0.3, -0.25) is 9.40 Å². The molecular formula is C13H17ClN4O2S. The Bertz CT molecular complexity index is 740. The van der Waals surface area contributed by atoms with Gasteiger partial charge in [0.25, 0.3) is 10.0 Å². The van der Waals surface area contributed by atoms with Gasteiger partial charge in [-0.25, -0.2) is 8.42 Å². The third-order valence-electron chi connectivity index (χ3n) is 2.90. The quantitative estimate of drug-likeness (QED) is 0.881. The topological polar surface area (TPSA) is 90.0 Å². The second kappa shape index (κ2) is 6.05. The van der Waals surface area contributed by atoms with Gasteiger partial charge in [-0.15, -0.1) is 0 Å². The Hall–Kier alpha value is -1.57. The van der Waals surface area contributed by atoms with Crippen molar-refractivity contribution in [2.24, 2.45) is 5.73 Å². The number of hydrogen-bond donors (Lipinski definition) is 2. The van der Waals surface area contributed by atoms with Crippen molar-refractivity contribution in [3.63, 3.8) is 0 Å². The van der Waals surface area contributed by atoms with Gasteiger partial charge < -0.3 is 5.73 Å². The summed E-state index contributed by atoms with van der Waals surface area (Å²) in [4.78, 5) is 0.00409. The smallest absolute Gasteiger partial charge is 0.263 e. The fourth-order valence-corrected chi connectivity index (χ4v) is 3.34. The van der Waals surface area contributed by atoms with E-state index in [2.05, 4.69) is 9.82 Å². The second-order valence-electron chi connectivity index (χ2n) is 4.88. The molecule has 1 aromatic carbocycles. The van der Waals surface area contributed by atoms with Crippen molar-refractivity contribution in [1.82, 2.24) is 9.78 Å². The van der Waals surface area contributed by atoms with Crippen LogP contribution in [-0.4, -0.2) is 18.2 Å². The molecule has 21 heavy (non-hydrogen) atoms. The Morgan fingerprint density at radius 1 is 1.43 bits per heavy atom. The van der Waals surface area contributed by atoms with Gasteiger partial charge in [0, 0.05) is 18.8 Å². The number of halogens is 1. The highest BCUT2D eigenvalue weighted by Crippen LogP contribution is 2.25. The highest BCUT2D eigenvalue weighted by atomic mass is 35.5. The normalized spacial score (nSPS) is 11.9. The maximum atomic E-state index is 12.4. The Morgan fingerprint density at radius 3 is 2.71 bits per heavy atom. The number of nitrogens with zero attached hydrogens (tertiary/aromatic N) is 2. The van der Waals surface area contributed by atoms with Crippen molar-refractivity contribution in [3.05, 3.63) is 41.2 Å². The number of nitrogens with one attached hydrogen (secondary N) is 1. The second-order valence-corrected chi connectivity index (χ2v) is 6.94. The minimum atomic E-state index is -3.78. The number of rotatable bonds is 5. The molecule has 0 unspecified atom stereocenters. The van der Waals surface area contributed by atoms with Gasteiger partial charge in [0.05, 0.1) is 16.9 Å². The van der Waals surface area contributed by atoms with E-state index in [4.69, 9.17) is 17.3 Å². The molecule has 3 N–H and O–H groups in total. The maximum absolute atomic E-state index is 12.4. The van der Waals surface area contributed by atoms with Crippen LogP contribution < -0.4 is 10.5 Å². The first-order chi connectivity index (χ1) is 9.83. The molecule has 0 bridgehead atoms. The van der Waals surface area contributed by atoms with Crippen molar-refractivity contribution >= 4 is 27.3 Å². The minimum Gasteiger partial charge on any atom is -0.326 e. The van der Waals surface area contributed by atoms with Crippen molar-refractivity contribution in [1.29, 1.82) is 0 Å². The molecule has 2 rings (SSSR count). The fraction of sp³-hybridized carbons (Fsp3) is 0.308. The van der Waals surface area contributed by atoms with Crippen LogP contribution in [0.1, 0.15) is 25.5 Å². The predicted octanol–water partition coefficient (Wildman–Crippen LogP) is 2.38. The Kier molecular flexibility index (Phi) is 4.55. The molecule has 114 valence electrons. The summed E-state index contributed by atoms with van der Waals surface area (Å²) in [5.74, 6) is 0. The van der Waals surface area contributed by atoms with Crippen LogP contribution in [0.25, 0.3) is 0 Å². The van der Waals surface area contributed by atoms with Crippen LogP contribution in [-0.2, 0) is 16.6 Å². The minimum absolute atomic E-state index is 0.00409. The van der Waals surface area contributed by atoms with Crippen molar-refractivity contribution in [2.45, 2.75) is 31.3 Å². The lowest BCUT2D eigenvalue weighted by Gasteiger charge is -2.09. The summed E-state index contributed by atoms with van der Waals surface area (Å²) in [6.45, 7) is 4.14. The number of sulfonamides is 1. The number of nitrogens with two attached hydrogens (primary N) is 1. The molecule has 0 atom stereocenters. The van der Waals surface area contributed by atoms with E-state index in [1.807, 2.05) is 13.8 Å². The lowest BCUT2D eigenvalue weighted by molar-refractivity contribution is 0.532. The molecule has 2 aromatic rings. The van der Waals surface area contributed by atoms with Gasteiger partial charge in [0.2, 0.25) is 0 Å². The largest absolute Gasteiger partial charge is 0.326 e. The summed E-state index contributed by atoms with van der Waals surface area (Å²) < 4.78 is 28.9. The summed E-state index contributed by atoms with van der Waals surface area (Å²) in [6, 6.07) is 4.83. The highest BCUT2D eigenvalue weighted by molar-refractivity contribution is 7.92. The molecular weight excluding hydrogens is 312 g/mol. The van der Waals surface area contributed by atoms with Crippen molar-refractivity contribution in [2.75, 3.05) is 4.72 Å². The molecule has 0 saturated carbocycles. The molecule has 0 aliphatic heterocycles. The van der Waals surface area contributed by atoms with E-state index < -0.39 is 10.0 Å². The van der Waals surface area contributed by atoms with Crippen LogP contribution in [0.2, 0.25) is 5.02 Å². The lowest BCUT2D eigenvalue weighted by atomic mass is 10.2. The predicted molar refractivity (Wildman–Crippen MR) is 82.8 cm³/mol. The first-order valence-corrected chi connectivity index (χ1v) is 8.25. The number of benzene rings is 1. The van der Waals surface area contributed by atoms with E-state index in [9.17, 15) is 8.42 Å². The zero-order valence-electron chi connectivity index (χ0n) is 11.7. The highest BCUT2D eigenvalue weighted by Gasteiger charge is 2.19. The Balaban J connectivity index is 2.33. The molecule has 1 heterocycles. The van der Waals surface area contributed by atoms with Crippen LogP contribution >= 0.6 is 11.6 Å². The summed E-state index contributed by atoms with van der Waals surface area (Å²) in [5.41, 5.74) is 6.61. The summed E-state index contributed by atoms with van der Waals surface area (Å²) >= 11 is 5.98. The summed E-state index contributed by atoms with van der Waals surface area (Å²) in [7, 11) is -3.78. The number of aromatic nitrogens is 2. The van der Waals surface area contributed by atoms with E-state index in [1.54, 1.807) is 16.9 Å².